The van der Waals surface area contributed by atoms with Gasteiger partial charge in [0.05, 0.1) is 17.1 Å². The molecule has 0 saturated heterocycles. The Balaban J connectivity index is 1.56. The molecule has 0 radical (unpaired) electrons. The fourth-order valence-electron chi connectivity index (χ4n) is 5.57. The van der Waals surface area contributed by atoms with E-state index in [-0.39, 0.29) is 17.4 Å². The summed E-state index contributed by atoms with van der Waals surface area (Å²) in [6, 6.07) is 6.51. The lowest BCUT2D eigenvalue weighted by molar-refractivity contribution is -0.0355. The topological polar surface area (TPSA) is 61.1 Å². The van der Waals surface area contributed by atoms with Crippen molar-refractivity contribution >= 4 is 17.6 Å². The molecular weight excluding hydrogens is 378 g/mol. The lowest BCUT2D eigenvalue weighted by Gasteiger charge is -2.45. The van der Waals surface area contributed by atoms with E-state index in [1.54, 1.807) is 11.3 Å². The number of rotatable bonds is 10. The van der Waals surface area contributed by atoms with Crippen LogP contribution in [-0.4, -0.2) is 17.5 Å². The van der Waals surface area contributed by atoms with Gasteiger partial charge in [0.25, 0.3) is 0 Å². The summed E-state index contributed by atoms with van der Waals surface area (Å²) in [6.07, 6.45) is 14.6. The van der Waals surface area contributed by atoms with Crippen molar-refractivity contribution in [1.29, 1.82) is 5.26 Å². The third-order valence-electron chi connectivity index (χ3n) is 7.70. The molecule has 1 aromatic rings. The summed E-state index contributed by atoms with van der Waals surface area (Å²) >= 11 is 1.58. The number of aliphatic hydroxyl groups excluding tert-OH is 1. The summed E-state index contributed by atoms with van der Waals surface area (Å²) in [5.74, 6) is 1.48. The molecular formula is C25H35NO2S. The Bertz CT molecular complexity index is 737. The molecule has 3 nitrogen and oxygen atoms in total. The molecule has 2 aliphatic carbocycles. The van der Waals surface area contributed by atoms with Gasteiger partial charge in [0.1, 0.15) is 0 Å². The Kier molecular flexibility index (Phi) is 7.71. The first-order valence-electron chi connectivity index (χ1n) is 11.3. The Labute approximate surface area is 179 Å². The van der Waals surface area contributed by atoms with Gasteiger partial charge >= 0.3 is 0 Å². The van der Waals surface area contributed by atoms with Crippen LogP contribution in [0.15, 0.2) is 24.3 Å². The van der Waals surface area contributed by atoms with Crippen molar-refractivity contribution in [2.45, 2.75) is 77.7 Å². The second-order valence-corrected chi connectivity index (χ2v) is 10.5. The van der Waals surface area contributed by atoms with E-state index in [4.69, 9.17) is 0 Å². The van der Waals surface area contributed by atoms with Crippen LogP contribution >= 0.6 is 11.3 Å². The van der Waals surface area contributed by atoms with Gasteiger partial charge in [0, 0.05) is 10.8 Å². The first-order chi connectivity index (χ1) is 14.0. The van der Waals surface area contributed by atoms with Crippen molar-refractivity contribution in [3.05, 3.63) is 34.0 Å². The second-order valence-electron chi connectivity index (χ2n) is 9.25. The molecule has 2 saturated carbocycles. The van der Waals surface area contributed by atoms with Crippen LogP contribution in [0.1, 0.15) is 79.8 Å². The van der Waals surface area contributed by atoms with Crippen molar-refractivity contribution in [3.8, 4) is 6.07 Å². The average Bonchev–Trinajstić information content (AvgIpc) is 3.26. The molecule has 158 valence electrons. The van der Waals surface area contributed by atoms with Gasteiger partial charge in [-0.1, -0.05) is 32.4 Å². The number of nitrogens with zero attached hydrogens (tertiary/aromatic N) is 1. The fraction of sp³-hybridized carbons (Fsp3) is 0.680. The summed E-state index contributed by atoms with van der Waals surface area (Å²) < 4.78 is 0. The molecule has 1 heterocycles. The van der Waals surface area contributed by atoms with Gasteiger partial charge in [-0.3, -0.25) is 4.79 Å². The van der Waals surface area contributed by atoms with E-state index in [9.17, 15) is 15.2 Å². The van der Waals surface area contributed by atoms with Crippen LogP contribution in [0.3, 0.4) is 0 Å². The maximum absolute atomic E-state index is 10.9. The Hall–Kier alpha value is -1.44. The number of allylic oxidation sites excluding steroid dienone is 1. The standard InChI is InChI=1S/C25H35NO2S/c1-3-25(13-6-14-25)24(28)10-5-8-22-18(2)15-19(16-26)23(22)9-4-7-20-11-12-21(17-27)29-20/h5,8,11-12,17-19,22-24,28H,3-4,6-7,9-10,13-15H2,1-2H3/b8-5+/t18-,19?,22?,23+,24?/m1/s1. The number of carbonyl (C=O) groups is 1. The van der Waals surface area contributed by atoms with Crippen LogP contribution in [0.2, 0.25) is 0 Å². The highest BCUT2D eigenvalue weighted by molar-refractivity contribution is 7.13. The van der Waals surface area contributed by atoms with Crippen LogP contribution in [0, 0.1) is 40.4 Å². The lowest BCUT2D eigenvalue weighted by atomic mass is 9.63. The minimum Gasteiger partial charge on any atom is -0.392 e. The first kappa shape index (κ1) is 22.2. The molecule has 4 heteroatoms. The average molecular weight is 414 g/mol. The second kappa shape index (κ2) is 10.0. The van der Waals surface area contributed by atoms with Gasteiger partial charge in [-0.05, 0) is 86.7 Å². The number of nitriles is 1. The number of hydrogen-bond acceptors (Lipinski definition) is 4. The Morgan fingerprint density at radius 3 is 2.79 bits per heavy atom. The Morgan fingerprint density at radius 1 is 1.41 bits per heavy atom. The highest BCUT2D eigenvalue weighted by Crippen LogP contribution is 2.48. The molecule has 0 aliphatic heterocycles. The monoisotopic (exact) mass is 413 g/mol. The van der Waals surface area contributed by atoms with Crippen molar-refractivity contribution in [2.75, 3.05) is 0 Å². The summed E-state index contributed by atoms with van der Waals surface area (Å²) in [6.45, 7) is 4.47. The highest BCUT2D eigenvalue weighted by atomic mass is 32.1. The predicted molar refractivity (Wildman–Crippen MR) is 119 cm³/mol. The van der Waals surface area contributed by atoms with Crippen LogP contribution < -0.4 is 0 Å². The summed E-state index contributed by atoms with van der Waals surface area (Å²) in [5.41, 5.74) is 0.154. The number of hydrogen-bond donors (Lipinski definition) is 1. The molecule has 3 unspecified atom stereocenters. The SMILES string of the molecule is CCC1(C(O)C/C=C/C2[C@@H](CCCc3ccc(C=O)s3)C(C#N)C[C@H]2C)CCC1. The number of aliphatic hydroxyl groups is 1. The van der Waals surface area contributed by atoms with Crippen LogP contribution in [0.4, 0.5) is 0 Å². The molecule has 0 amide bonds. The van der Waals surface area contributed by atoms with Gasteiger partial charge in [-0.25, -0.2) is 0 Å². The zero-order valence-corrected chi connectivity index (χ0v) is 18.7. The summed E-state index contributed by atoms with van der Waals surface area (Å²) in [5, 5.41) is 20.4. The zero-order valence-electron chi connectivity index (χ0n) is 17.8. The summed E-state index contributed by atoms with van der Waals surface area (Å²) in [4.78, 5) is 12.9. The van der Waals surface area contributed by atoms with E-state index in [0.717, 1.165) is 62.5 Å². The first-order valence-corrected chi connectivity index (χ1v) is 12.1. The maximum atomic E-state index is 10.9. The molecule has 29 heavy (non-hydrogen) atoms. The molecule has 0 aromatic carbocycles. The van der Waals surface area contributed by atoms with Gasteiger partial charge in [-0.15, -0.1) is 11.3 Å². The third-order valence-corrected chi connectivity index (χ3v) is 8.77. The lowest BCUT2D eigenvalue weighted by Crippen LogP contribution is -2.40. The molecule has 3 rings (SSSR count). The molecule has 1 aromatic heterocycles. The molecule has 1 N–H and O–H groups in total. The van der Waals surface area contributed by atoms with Crippen LogP contribution in [0.25, 0.3) is 0 Å². The minimum atomic E-state index is -0.231. The van der Waals surface area contributed by atoms with Gasteiger partial charge in [0.15, 0.2) is 6.29 Å². The largest absolute Gasteiger partial charge is 0.392 e. The molecule has 5 atom stereocenters. The fourth-order valence-corrected chi connectivity index (χ4v) is 6.44. The predicted octanol–water partition coefficient (Wildman–Crippen LogP) is 6.18. The highest BCUT2D eigenvalue weighted by Gasteiger charge is 2.42. The van der Waals surface area contributed by atoms with E-state index in [1.807, 2.05) is 6.07 Å². The van der Waals surface area contributed by atoms with E-state index in [0.29, 0.717) is 17.8 Å². The number of thiophene rings is 1. The minimum absolute atomic E-state index is 0.132. The van der Waals surface area contributed by atoms with E-state index >= 15 is 0 Å². The molecule has 2 fully saturated rings. The third kappa shape index (κ3) is 5.01. The quantitative estimate of drug-likeness (QED) is 0.368. The normalized spacial score (nSPS) is 29.4. The molecule has 0 spiro atoms. The zero-order chi connectivity index (χ0) is 20.9. The van der Waals surface area contributed by atoms with Crippen molar-refractivity contribution in [3.63, 3.8) is 0 Å². The van der Waals surface area contributed by atoms with Crippen molar-refractivity contribution in [2.24, 2.45) is 29.1 Å². The number of aryl methyl sites for hydroxylation is 1. The molecule has 0 bridgehead atoms. The number of carbonyl (C=O) groups excluding carboxylic acids is 1. The van der Waals surface area contributed by atoms with Crippen molar-refractivity contribution < 1.29 is 9.90 Å². The van der Waals surface area contributed by atoms with E-state index < -0.39 is 0 Å². The summed E-state index contributed by atoms with van der Waals surface area (Å²) in [7, 11) is 0. The smallest absolute Gasteiger partial charge is 0.160 e. The molecule has 2 aliphatic rings. The van der Waals surface area contributed by atoms with Gasteiger partial charge < -0.3 is 5.11 Å². The Morgan fingerprint density at radius 2 is 2.21 bits per heavy atom. The van der Waals surface area contributed by atoms with E-state index in [1.165, 1.54) is 11.3 Å². The maximum Gasteiger partial charge on any atom is 0.160 e. The van der Waals surface area contributed by atoms with E-state index in [2.05, 4.69) is 38.1 Å². The van der Waals surface area contributed by atoms with Crippen LogP contribution in [-0.2, 0) is 6.42 Å². The van der Waals surface area contributed by atoms with Gasteiger partial charge in [-0.2, -0.15) is 5.26 Å². The van der Waals surface area contributed by atoms with Crippen molar-refractivity contribution in [1.82, 2.24) is 0 Å². The number of aldehydes is 1. The van der Waals surface area contributed by atoms with Crippen LogP contribution in [0.5, 0.6) is 0 Å². The van der Waals surface area contributed by atoms with Gasteiger partial charge in [0.2, 0.25) is 0 Å².